The third kappa shape index (κ3) is 3.43. The maximum atomic E-state index is 11.1. The first-order valence-corrected chi connectivity index (χ1v) is 9.63. The van der Waals surface area contributed by atoms with Crippen LogP contribution in [0.4, 0.5) is 4.79 Å². The number of nitrogens with one attached hydrogen (secondary N) is 2. The zero-order chi connectivity index (χ0) is 17.3. The standard InChI is InChI=1S/C17H27N3O3S/c1-9(2)15-10(11-5-18-6-12(11)20-17(22)23)3-4-13(21)16(15)14-7-19-8-24-14/h7-13,15-16,18,20-21H,3-6H2,1-2H3,(H,22,23)/t10?,11?,12-,13?,15?,16?/m0/s1. The number of aliphatic hydroxyl groups is 1. The Morgan fingerprint density at radius 3 is 2.79 bits per heavy atom. The second-order valence-corrected chi connectivity index (χ2v) is 8.36. The summed E-state index contributed by atoms with van der Waals surface area (Å²) in [5, 5.41) is 25.8. The van der Waals surface area contributed by atoms with Gasteiger partial charge in [0.2, 0.25) is 0 Å². The van der Waals surface area contributed by atoms with Crippen LogP contribution in [0.1, 0.15) is 37.5 Å². The first kappa shape index (κ1) is 17.6. The van der Waals surface area contributed by atoms with Crippen LogP contribution in [0.2, 0.25) is 0 Å². The van der Waals surface area contributed by atoms with E-state index in [-0.39, 0.29) is 24.0 Å². The van der Waals surface area contributed by atoms with E-state index in [2.05, 4.69) is 29.5 Å². The predicted molar refractivity (Wildman–Crippen MR) is 93.2 cm³/mol. The summed E-state index contributed by atoms with van der Waals surface area (Å²) < 4.78 is 0. The van der Waals surface area contributed by atoms with E-state index in [1.807, 2.05) is 11.7 Å². The number of hydrogen-bond acceptors (Lipinski definition) is 5. The van der Waals surface area contributed by atoms with Crippen molar-refractivity contribution in [3.8, 4) is 0 Å². The Balaban J connectivity index is 1.87. The number of hydrogen-bond donors (Lipinski definition) is 4. The zero-order valence-electron chi connectivity index (χ0n) is 14.2. The summed E-state index contributed by atoms with van der Waals surface area (Å²) in [6, 6.07) is -0.0499. The maximum Gasteiger partial charge on any atom is 0.404 e. The Kier molecular flexibility index (Phi) is 5.42. The van der Waals surface area contributed by atoms with Crippen LogP contribution in [-0.4, -0.2) is 46.5 Å². The molecule has 1 aromatic rings. The minimum Gasteiger partial charge on any atom is -0.465 e. The van der Waals surface area contributed by atoms with Crippen LogP contribution in [0.3, 0.4) is 0 Å². The molecule has 1 saturated carbocycles. The fourth-order valence-corrected chi connectivity index (χ4v) is 5.74. The summed E-state index contributed by atoms with van der Waals surface area (Å²) in [6.07, 6.45) is 2.31. The third-order valence-corrected chi connectivity index (χ3v) is 6.67. The van der Waals surface area contributed by atoms with Crippen molar-refractivity contribution in [2.24, 2.45) is 23.7 Å². The third-order valence-electron chi connectivity index (χ3n) is 5.79. The lowest BCUT2D eigenvalue weighted by atomic mass is 9.61. The van der Waals surface area contributed by atoms with Crippen LogP contribution in [0.5, 0.6) is 0 Å². The second-order valence-electron chi connectivity index (χ2n) is 7.44. The van der Waals surface area contributed by atoms with Crippen molar-refractivity contribution in [2.45, 2.75) is 44.8 Å². The summed E-state index contributed by atoms with van der Waals surface area (Å²) in [5.41, 5.74) is 1.83. The molecule has 1 aromatic heterocycles. The maximum absolute atomic E-state index is 11.1. The van der Waals surface area contributed by atoms with Gasteiger partial charge in [-0.15, -0.1) is 11.3 Å². The quantitative estimate of drug-likeness (QED) is 0.665. The van der Waals surface area contributed by atoms with Crippen LogP contribution in [0.25, 0.3) is 0 Å². The van der Waals surface area contributed by atoms with E-state index >= 15 is 0 Å². The van der Waals surface area contributed by atoms with Gasteiger partial charge in [-0.1, -0.05) is 13.8 Å². The monoisotopic (exact) mass is 353 g/mol. The fraction of sp³-hybridized carbons (Fsp3) is 0.765. The molecule has 1 amide bonds. The Morgan fingerprint density at radius 2 is 2.17 bits per heavy atom. The number of aliphatic hydroxyl groups excluding tert-OH is 1. The van der Waals surface area contributed by atoms with Gasteiger partial charge in [0.15, 0.2) is 0 Å². The van der Waals surface area contributed by atoms with Crippen LogP contribution < -0.4 is 10.6 Å². The average molecular weight is 353 g/mol. The summed E-state index contributed by atoms with van der Waals surface area (Å²) in [5.74, 6) is 1.52. The van der Waals surface area contributed by atoms with Gasteiger partial charge < -0.3 is 20.8 Å². The highest BCUT2D eigenvalue weighted by molar-refractivity contribution is 7.09. The molecule has 6 nitrogen and oxygen atoms in total. The van der Waals surface area contributed by atoms with E-state index in [9.17, 15) is 9.90 Å². The molecule has 3 rings (SSSR count). The molecule has 5 unspecified atom stereocenters. The molecular formula is C17H27N3O3S. The zero-order valence-corrected chi connectivity index (χ0v) is 15.0. The highest BCUT2D eigenvalue weighted by Gasteiger charge is 2.47. The lowest BCUT2D eigenvalue weighted by Gasteiger charge is -2.46. The van der Waals surface area contributed by atoms with Crippen LogP contribution in [0.15, 0.2) is 11.7 Å². The number of nitrogens with zero attached hydrogens (tertiary/aromatic N) is 1. The van der Waals surface area contributed by atoms with Crippen molar-refractivity contribution in [2.75, 3.05) is 13.1 Å². The number of thiazole rings is 1. The number of amides is 1. The van der Waals surface area contributed by atoms with Crippen LogP contribution >= 0.6 is 11.3 Å². The molecule has 6 atom stereocenters. The molecule has 1 aliphatic carbocycles. The summed E-state index contributed by atoms with van der Waals surface area (Å²) >= 11 is 1.61. The molecule has 0 aromatic carbocycles. The molecule has 134 valence electrons. The summed E-state index contributed by atoms with van der Waals surface area (Å²) in [6.45, 7) is 5.95. The van der Waals surface area contributed by atoms with Gasteiger partial charge in [-0.05, 0) is 36.5 Å². The van der Waals surface area contributed by atoms with Crippen molar-refractivity contribution in [1.82, 2.24) is 15.6 Å². The molecule has 24 heavy (non-hydrogen) atoms. The Bertz CT molecular complexity index is 551. The van der Waals surface area contributed by atoms with E-state index in [1.54, 1.807) is 11.3 Å². The van der Waals surface area contributed by atoms with Crippen molar-refractivity contribution < 1.29 is 15.0 Å². The number of rotatable bonds is 4. The lowest BCUT2D eigenvalue weighted by Crippen LogP contribution is -2.48. The summed E-state index contributed by atoms with van der Waals surface area (Å²) in [4.78, 5) is 16.5. The molecule has 2 aliphatic rings. The molecule has 1 saturated heterocycles. The summed E-state index contributed by atoms with van der Waals surface area (Å²) in [7, 11) is 0. The Hall–Kier alpha value is -1.18. The largest absolute Gasteiger partial charge is 0.465 e. The Morgan fingerprint density at radius 1 is 1.38 bits per heavy atom. The van der Waals surface area contributed by atoms with Gasteiger partial charge in [0.05, 0.1) is 11.6 Å². The van der Waals surface area contributed by atoms with Crippen molar-refractivity contribution in [1.29, 1.82) is 0 Å². The van der Waals surface area contributed by atoms with Gasteiger partial charge in [-0.3, -0.25) is 4.98 Å². The minimum absolute atomic E-state index is 0.0499. The first-order chi connectivity index (χ1) is 11.5. The lowest BCUT2D eigenvalue weighted by molar-refractivity contribution is 0.00132. The van der Waals surface area contributed by atoms with Gasteiger partial charge >= 0.3 is 6.09 Å². The molecule has 7 heteroatoms. The minimum atomic E-state index is -0.954. The first-order valence-electron chi connectivity index (χ1n) is 8.75. The van der Waals surface area contributed by atoms with Gasteiger partial charge in [-0.25, -0.2) is 4.79 Å². The smallest absolute Gasteiger partial charge is 0.404 e. The molecule has 0 radical (unpaired) electrons. The molecular weight excluding hydrogens is 326 g/mol. The highest BCUT2D eigenvalue weighted by Crippen LogP contribution is 2.49. The van der Waals surface area contributed by atoms with E-state index in [4.69, 9.17) is 5.11 Å². The van der Waals surface area contributed by atoms with E-state index < -0.39 is 6.09 Å². The van der Waals surface area contributed by atoms with Gasteiger partial charge in [-0.2, -0.15) is 0 Å². The average Bonchev–Trinajstić information content (AvgIpc) is 3.17. The molecule has 2 fully saturated rings. The van der Waals surface area contributed by atoms with E-state index in [1.165, 1.54) is 0 Å². The molecule has 0 spiro atoms. The van der Waals surface area contributed by atoms with Gasteiger partial charge in [0.25, 0.3) is 0 Å². The predicted octanol–water partition coefficient (Wildman–Crippen LogP) is 2.13. The van der Waals surface area contributed by atoms with Crippen molar-refractivity contribution in [3.05, 3.63) is 16.6 Å². The van der Waals surface area contributed by atoms with Crippen molar-refractivity contribution in [3.63, 3.8) is 0 Å². The molecule has 4 N–H and O–H groups in total. The van der Waals surface area contributed by atoms with E-state index in [0.29, 0.717) is 24.3 Å². The normalized spacial score (nSPS) is 36.8. The van der Waals surface area contributed by atoms with Gasteiger partial charge in [0, 0.05) is 36.1 Å². The molecule has 1 aliphatic heterocycles. The Labute approximate surface area is 146 Å². The second kappa shape index (κ2) is 7.37. The molecule has 0 bridgehead atoms. The number of carboxylic acid groups (broad SMARTS) is 1. The topological polar surface area (TPSA) is 94.5 Å². The number of aromatic nitrogens is 1. The fourth-order valence-electron chi connectivity index (χ4n) is 4.90. The van der Waals surface area contributed by atoms with Crippen LogP contribution in [-0.2, 0) is 0 Å². The van der Waals surface area contributed by atoms with Crippen LogP contribution in [0, 0.1) is 23.7 Å². The SMILES string of the molecule is CC(C)C1C(C2CNC[C@@H]2NC(=O)O)CCC(O)C1c1cncs1. The van der Waals surface area contributed by atoms with Crippen molar-refractivity contribution >= 4 is 17.4 Å². The highest BCUT2D eigenvalue weighted by atomic mass is 32.1. The number of carbonyl (C=O) groups is 1. The van der Waals surface area contributed by atoms with E-state index in [0.717, 1.165) is 24.3 Å². The van der Waals surface area contributed by atoms with Gasteiger partial charge in [0.1, 0.15) is 0 Å². The molecule has 2 heterocycles.